The Morgan fingerprint density at radius 2 is 2.21 bits per heavy atom. The van der Waals surface area contributed by atoms with Crippen molar-refractivity contribution in [2.45, 2.75) is 38.7 Å². The molecule has 2 N–H and O–H groups in total. The number of aliphatic hydroxyl groups is 1. The van der Waals surface area contributed by atoms with Crippen LogP contribution in [0.2, 0.25) is 0 Å². The number of furan rings is 1. The molecular formula is C18H29N3O3. The van der Waals surface area contributed by atoms with Crippen molar-refractivity contribution in [1.82, 2.24) is 10.2 Å². The highest BCUT2D eigenvalue weighted by atomic mass is 16.5. The van der Waals surface area contributed by atoms with E-state index in [1.165, 1.54) is 6.42 Å². The molecule has 1 unspecified atom stereocenters. The lowest BCUT2D eigenvalue weighted by Gasteiger charge is -2.33. The van der Waals surface area contributed by atoms with Gasteiger partial charge in [0.15, 0.2) is 5.96 Å². The molecule has 2 fully saturated rings. The van der Waals surface area contributed by atoms with Crippen molar-refractivity contribution in [3.63, 3.8) is 0 Å². The molecule has 0 radical (unpaired) electrons. The van der Waals surface area contributed by atoms with E-state index in [2.05, 4.69) is 17.1 Å². The number of hydrogen-bond acceptors (Lipinski definition) is 4. The van der Waals surface area contributed by atoms with Gasteiger partial charge in [0.1, 0.15) is 11.4 Å². The second-order valence-corrected chi connectivity index (χ2v) is 7.21. The van der Waals surface area contributed by atoms with Crippen molar-refractivity contribution in [2.75, 3.05) is 39.4 Å². The summed E-state index contributed by atoms with van der Waals surface area (Å²) < 4.78 is 10.9. The van der Waals surface area contributed by atoms with E-state index in [0.717, 1.165) is 51.6 Å². The predicted molar refractivity (Wildman–Crippen MR) is 92.9 cm³/mol. The zero-order chi connectivity index (χ0) is 17.0. The molecule has 1 atom stereocenters. The summed E-state index contributed by atoms with van der Waals surface area (Å²) in [6.45, 7) is 8.66. The molecule has 0 aliphatic carbocycles. The van der Waals surface area contributed by atoms with Crippen molar-refractivity contribution >= 4 is 5.96 Å². The Labute approximate surface area is 143 Å². The fourth-order valence-electron chi connectivity index (χ4n) is 3.65. The van der Waals surface area contributed by atoms with Crippen LogP contribution in [0, 0.1) is 5.41 Å². The van der Waals surface area contributed by atoms with Crippen molar-refractivity contribution in [3.05, 3.63) is 24.2 Å². The molecule has 0 amide bonds. The summed E-state index contributed by atoms with van der Waals surface area (Å²) in [5, 5.41) is 14.0. The molecule has 1 aromatic rings. The predicted octanol–water partition coefficient (Wildman–Crippen LogP) is 1.96. The number of nitrogens with zero attached hydrogens (tertiary/aromatic N) is 2. The first kappa shape index (κ1) is 17.3. The molecule has 2 aliphatic rings. The number of aliphatic imine (C=N–C) groups is 1. The molecule has 24 heavy (non-hydrogen) atoms. The highest BCUT2D eigenvalue weighted by Gasteiger charge is 2.40. The average molecular weight is 335 g/mol. The minimum Gasteiger partial charge on any atom is -0.466 e. The Kier molecular flexibility index (Phi) is 5.15. The zero-order valence-corrected chi connectivity index (χ0v) is 14.8. The van der Waals surface area contributed by atoms with Gasteiger partial charge in [0.2, 0.25) is 0 Å². The van der Waals surface area contributed by atoms with E-state index < -0.39 is 5.60 Å². The number of rotatable bonds is 4. The van der Waals surface area contributed by atoms with Gasteiger partial charge in [-0.3, -0.25) is 0 Å². The number of nitrogens with one attached hydrogen (secondary N) is 1. The topological polar surface area (TPSA) is 70.2 Å². The van der Waals surface area contributed by atoms with Crippen molar-refractivity contribution in [3.8, 4) is 0 Å². The molecular weight excluding hydrogens is 306 g/mol. The summed E-state index contributed by atoms with van der Waals surface area (Å²) in [6.07, 6.45) is 5.03. The monoisotopic (exact) mass is 335 g/mol. The summed E-state index contributed by atoms with van der Waals surface area (Å²) in [5.74, 6) is 1.43. The SMILES string of the molecule is CCNC(=NCC(C)(O)c1ccco1)N1CCC2(CCOCC2)C1. The van der Waals surface area contributed by atoms with Crippen molar-refractivity contribution in [1.29, 1.82) is 0 Å². The second kappa shape index (κ2) is 7.15. The van der Waals surface area contributed by atoms with E-state index in [1.54, 1.807) is 25.3 Å². The standard InChI is InChI=1S/C18H29N3O3/c1-3-19-16(20-13-17(2,22)15-5-4-10-24-15)21-9-6-18(14-21)7-11-23-12-8-18/h4-5,10,22H,3,6-9,11-14H2,1-2H3,(H,19,20). The highest BCUT2D eigenvalue weighted by molar-refractivity contribution is 5.80. The van der Waals surface area contributed by atoms with Gasteiger partial charge < -0.3 is 24.5 Å². The lowest BCUT2D eigenvalue weighted by Crippen LogP contribution is -2.43. The Hall–Kier alpha value is -1.53. The number of ether oxygens (including phenoxy) is 1. The third kappa shape index (κ3) is 3.75. The van der Waals surface area contributed by atoms with Crippen LogP contribution in [0.5, 0.6) is 0 Å². The van der Waals surface area contributed by atoms with Crippen LogP contribution in [0.4, 0.5) is 0 Å². The van der Waals surface area contributed by atoms with E-state index in [0.29, 0.717) is 11.2 Å². The zero-order valence-electron chi connectivity index (χ0n) is 14.8. The molecule has 0 saturated carbocycles. The first-order valence-corrected chi connectivity index (χ1v) is 8.92. The van der Waals surface area contributed by atoms with Crippen LogP contribution in [0.3, 0.4) is 0 Å². The van der Waals surface area contributed by atoms with Crippen LogP contribution in [0.25, 0.3) is 0 Å². The van der Waals surface area contributed by atoms with Crippen LogP contribution < -0.4 is 5.32 Å². The second-order valence-electron chi connectivity index (χ2n) is 7.21. The maximum Gasteiger partial charge on any atom is 0.194 e. The molecule has 2 aliphatic heterocycles. The molecule has 3 heterocycles. The lowest BCUT2D eigenvalue weighted by atomic mass is 9.80. The molecule has 0 bridgehead atoms. The fraction of sp³-hybridized carbons (Fsp3) is 0.722. The van der Waals surface area contributed by atoms with Gasteiger partial charge in [-0.15, -0.1) is 0 Å². The average Bonchev–Trinajstić information content (AvgIpc) is 3.23. The summed E-state index contributed by atoms with van der Waals surface area (Å²) in [6, 6.07) is 3.57. The molecule has 134 valence electrons. The quantitative estimate of drug-likeness (QED) is 0.650. The summed E-state index contributed by atoms with van der Waals surface area (Å²) in [5.41, 5.74) is -0.724. The maximum atomic E-state index is 10.6. The van der Waals surface area contributed by atoms with Crippen molar-refractivity contribution < 1.29 is 14.3 Å². The van der Waals surface area contributed by atoms with Gasteiger partial charge in [0.25, 0.3) is 0 Å². The molecule has 0 aromatic carbocycles. The Morgan fingerprint density at radius 3 is 2.88 bits per heavy atom. The Bertz CT molecular complexity index is 548. The Morgan fingerprint density at radius 1 is 1.42 bits per heavy atom. The van der Waals surface area contributed by atoms with Crippen LogP contribution in [-0.2, 0) is 10.3 Å². The lowest BCUT2D eigenvalue weighted by molar-refractivity contribution is 0.0217. The van der Waals surface area contributed by atoms with Gasteiger partial charge in [-0.1, -0.05) is 0 Å². The minimum absolute atomic E-state index is 0.273. The van der Waals surface area contributed by atoms with E-state index in [4.69, 9.17) is 14.1 Å². The molecule has 3 rings (SSSR count). The fourth-order valence-corrected chi connectivity index (χ4v) is 3.65. The minimum atomic E-state index is -1.10. The first-order chi connectivity index (χ1) is 11.5. The van der Waals surface area contributed by atoms with E-state index in [1.807, 2.05) is 0 Å². The normalized spacial score (nSPS) is 23.5. The smallest absolute Gasteiger partial charge is 0.194 e. The van der Waals surface area contributed by atoms with Crippen molar-refractivity contribution in [2.24, 2.45) is 10.4 Å². The highest BCUT2D eigenvalue weighted by Crippen LogP contribution is 2.39. The third-order valence-corrected chi connectivity index (χ3v) is 5.21. The largest absolute Gasteiger partial charge is 0.466 e. The molecule has 6 nitrogen and oxygen atoms in total. The molecule has 1 spiro atoms. The van der Waals surface area contributed by atoms with Gasteiger partial charge in [-0.25, -0.2) is 4.99 Å². The maximum absolute atomic E-state index is 10.6. The van der Waals surface area contributed by atoms with Gasteiger partial charge in [-0.2, -0.15) is 0 Å². The van der Waals surface area contributed by atoms with Gasteiger partial charge >= 0.3 is 0 Å². The summed E-state index contributed by atoms with van der Waals surface area (Å²) in [4.78, 5) is 7.02. The van der Waals surface area contributed by atoms with Crippen LogP contribution in [0.15, 0.2) is 27.8 Å². The van der Waals surface area contributed by atoms with Crippen LogP contribution in [0.1, 0.15) is 38.9 Å². The van der Waals surface area contributed by atoms with Gasteiger partial charge in [0.05, 0.1) is 12.8 Å². The summed E-state index contributed by atoms with van der Waals surface area (Å²) >= 11 is 0. The number of hydrogen-bond donors (Lipinski definition) is 2. The third-order valence-electron chi connectivity index (χ3n) is 5.21. The summed E-state index contributed by atoms with van der Waals surface area (Å²) in [7, 11) is 0. The van der Waals surface area contributed by atoms with Crippen LogP contribution in [-0.4, -0.2) is 55.4 Å². The molecule has 6 heteroatoms. The first-order valence-electron chi connectivity index (χ1n) is 8.92. The number of likely N-dealkylation sites (tertiary alicyclic amines) is 1. The van der Waals surface area contributed by atoms with Gasteiger partial charge in [-0.05, 0) is 50.7 Å². The number of guanidine groups is 1. The van der Waals surface area contributed by atoms with Crippen LogP contribution >= 0.6 is 0 Å². The van der Waals surface area contributed by atoms with E-state index >= 15 is 0 Å². The molecule has 2 saturated heterocycles. The van der Waals surface area contributed by atoms with Gasteiger partial charge in [0, 0.05) is 32.8 Å². The van der Waals surface area contributed by atoms with E-state index in [9.17, 15) is 5.11 Å². The van der Waals surface area contributed by atoms with E-state index in [-0.39, 0.29) is 6.54 Å². The Balaban J connectivity index is 1.68. The molecule has 1 aromatic heterocycles.